The lowest BCUT2D eigenvalue weighted by Gasteiger charge is -2.39. The largest absolute Gasteiger partial charge is 0.456 e. The number of esters is 2. The van der Waals surface area contributed by atoms with E-state index < -0.39 is 48.4 Å². The van der Waals surface area contributed by atoms with Crippen LogP contribution in [0.15, 0.2) is 0 Å². The molecule has 0 aromatic carbocycles. The first kappa shape index (κ1) is 15.7. The number of nitrogens with zero attached hydrogens (tertiary/aromatic N) is 1. The lowest BCUT2D eigenvalue weighted by Crippen LogP contribution is -2.58. The van der Waals surface area contributed by atoms with E-state index >= 15 is 0 Å². The molecule has 2 saturated heterocycles. The average molecular weight is 299 g/mol. The molecule has 2 unspecified atom stereocenters. The molecular weight excluding hydrogens is 282 g/mol. The number of hydrogen-bond acceptors (Lipinski definition) is 8. The van der Waals surface area contributed by atoms with Gasteiger partial charge < -0.3 is 23.7 Å². The van der Waals surface area contributed by atoms with Gasteiger partial charge in [0.25, 0.3) is 5.79 Å². The number of carbonyl (C=O) groups is 2. The minimum atomic E-state index is -1.50. The maximum absolute atomic E-state index is 11.3. The monoisotopic (exact) mass is 299 g/mol. The SMILES string of the molecule is CC(=O)O[C@@H]1[C@H](OC(C)=O)[C@H]2OC(C)(C#N)OC2O[C@@H]1C. The summed E-state index contributed by atoms with van der Waals surface area (Å²) in [5, 5.41) is 9.07. The summed E-state index contributed by atoms with van der Waals surface area (Å²) in [5.41, 5.74) is 0. The van der Waals surface area contributed by atoms with Gasteiger partial charge in [-0.15, -0.1) is 0 Å². The fraction of sp³-hybridized carbons (Fsp3) is 0.769. The highest BCUT2D eigenvalue weighted by Gasteiger charge is 2.58. The van der Waals surface area contributed by atoms with Crippen LogP contribution >= 0.6 is 0 Å². The molecule has 2 heterocycles. The molecule has 0 spiro atoms. The summed E-state index contributed by atoms with van der Waals surface area (Å²) in [4.78, 5) is 22.5. The van der Waals surface area contributed by atoms with E-state index in [0.29, 0.717) is 0 Å². The summed E-state index contributed by atoms with van der Waals surface area (Å²) in [5.74, 6) is -2.59. The Labute approximate surface area is 121 Å². The minimum absolute atomic E-state index is 0.534. The van der Waals surface area contributed by atoms with Crippen LogP contribution in [0.3, 0.4) is 0 Å². The van der Waals surface area contributed by atoms with E-state index in [-0.39, 0.29) is 0 Å². The molecule has 6 atom stereocenters. The van der Waals surface area contributed by atoms with Gasteiger partial charge in [0.05, 0.1) is 6.10 Å². The minimum Gasteiger partial charge on any atom is -0.456 e. The Bertz CT molecular complexity index is 487. The van der Waals surface area contributed by atoms with Crippen molar-refractivity contribution in [3.63, 3.8) is 0 Å². The molecular formula is C13H17NO7. The molecule has 0 radical (unpaired) electrons. The van der Waals surface area contributed by atoms with Crippen molar-refractivity contribution in [1.82, 2.24) is 0 Å². The third-order valence-corrected chi connectivity index (χ3v) is 3.24. The van der Waals surface area contributed by atoms with Crippen molar-refractivity contribution in [2.75, 3.05) is 0 Å². The van der Waals surface area contributed by atoms with Crippen LogP contribution in [0.1, 0.15) is 27.7 Å². The summed E-state index contributed by atoms with van der Waals surface area (Å²) in [6.07, 6.45) is -4.04. The van der Waals surface area contributed by atoms with E-state index in [1.807, 2.05) is 6.07 Å². The van der Waals surface area contributed by atoms with Crippen molar-refractivity contribution in [3.8, 4) is 6.07 Å². The molecule has 0 aromatic heterocycles. The lowest BCUT2D eigenvalue weighted by atomic mass is 9.99. The summed E-state index contributed by atoms with van der Waals surface area (Å²) < 4.78 is 26.8. The van der Waals surface area contributed by atoms with E-state index in [1.165, 1.54) is 20.8 Å². The molecule has 8 heteroatoms. The maximum atomic E-state index is 11.3. The first-order chi connectivity index (χ1) is 9.75. The van der Waals surface area contributed by atoms with Crippen molar-refractivity contribution in [1.29, 1.82) is 5.26 Å². The Hall–Kier alpha value is -1.69. The number of ether oxygens (including phenoxy) is 5. The van der Waals surface area contributed by atoms with Crippen molar-refractivity contribution < 1.29 is 33.3 Å². The molecule has 2 aliphatic rings. The smallest absolute Gasteiger partial charge is 0.303 e. The van der Waals surface area contributed by atoms with Crippen LogP contribution in [-0.2, 0) is 33.3 Å². The van der Waals surface area contributed by atoms with Gasteiger partial charge in [-0.2, -0.15) is 5.26 Å². The maximum Gasteiger partial charge on any atom is 0.303 e. The van der Waals surface area contributed by atoms with Crippen LogP contribution in [0.25, 0.3) is 0 Å². The van der Waals surface area contributed by atoms with Gasteiger partial charge in [-0.1, -0.05) is 0 Å². The van der Waals surface area contributed by atoms with Gasteiger partial charge in [0.2, 0.25) is 0 Å². The van der Waals surface area contributed by atoms with Gasteiger partial charge in [0.1, 0.15) is 6.07 Å². The number of nitriles is 1. The first-order valence-corrected chi connectivity index (χ1v) is 6.52. The Morgan fingerprint density at radius 3 is 2.24 bits per heavy atom. The Morgan fingerprint density at radius 2 is 1.71 bits per heavy atom. The molecule has 0 saturated carbocycles. The molecule has 2 fully saturated rings. The zero-order chi connectivity index (χ0) is 15.8. The normalized spacial score (nSPS) is 41.8. The van der Waals surface area contributed by atoms with Crippen molar-refractivity contribution >= 4 is 11.9 Å². The van der Waals surface area contributed by atoms with Crippen LogP contribution < -0.4 is 0 Å². The first-order valence-electron chi connectivity index (χ1n) is 6.52. The predicted octanol–water partition coefficient (Wildman–Crippen LogP) is 0.250. The molecule has 2 rings (SSSR count). The van der Waals surface area contributed by atoms with E-state index in [1.54, 1.807) is 6.92 Å². The third-order valence-electron chi connectivity index (χ3n) is 3.24. The van der Waals surface area contributed by atoms with Gasteiger partial charge in [-0.3, -0.25) is 9.59 Å². The number of hydrogen-bond donors (Lipinski definition) is 0. The van der Waals surface area contributed by atoms with Gasteiger partial charge in [0.15, 0.2) is 24.6 Å². The quantitative estimate of drug-likeness (QED) is 0.668. The zero-order valence-electron chi connectivity index (χ0n) is 12.2. The molecule has 21 heavy (non-hydrogen) atoms. The van der Waals surface area contributed by atoms with E-state index in [0.717, 1.165) is 0 Å². The fourth-order valence-electron chi connectivity index (χ4n) is 2.43. The van der Waals surface area contributed by atoms with Crippen LogP contribution in [0.4, 0.5) is 0 Å². The zero-order valence-corrected chi connectivity index (χ0v) is 12.2. The highest BCUT2D eigenvalue weighted by atomic mass is 16.8. The second kappa shape index (κ2) is 5.60. The van der Waals surface area contributed by atoms with Gasteiger partial charge >= 0.3 is 11.9 Å². The van der Waals surface area contributed by atoms with Crippen LogP contribution in [0.2, 0.25) is 0 Å². The second-order valence-corrected chi connectivity index (χ2v) is 5.12. The topological polar surface area (TPSA) is 104 Å². The van der Waals surface area contributed by atoms with Gasteiger partial charge in [-0.25, -0.2) is 0 Å². The molecule has 0 aliphatic carbocycles. The molecule has 0 bridgehead atoms. The Balaban J connectivity index is 2.27. The Kier molecular flexibility index (Phi) is 4.18. The highest BCUT2D eigenvalue weighted by molar-refractivity contribution is 5.67. The van der Waals surface area contributed by atoms with Crippen molar-refractivity contribution in [2.24, 2.45) is 0 Å². The summed E-state index contributed by atoms with van der Waals surface area (Å²) in [7, 11) is 0. The van der Waals surface area contributed by atoms with E-state index in [9.17, 15) is 9.59 Å². The molecule has 0 amide bonds. The number of carbonyl (C=O) groups excluding carboxylic acids is 2. The second-order valence-electron chi connectivity index (χ2n) is 5.12. The van der Waals surface area contributed by atoms with Crippen LogP contribution in [0.5, 0.6) is 0 Å². The molecule has 0 aromatic rings. The van der Waals surface area contributed by atoms with Crippen molar-refractivity contribution in [2.45, 2.75) is 64.2 Å². The summed E-state index contributed by atoms with van der Waals surface area (Å²) in [6, 6.07) is 1.87. The van der Waals surface area contributed by atoms with Crippen molar-refractivity contribution in [3.05, 3.63) is 0 Å². The standard InChI is InChI=1S/C13H17NO7/c1-6-9(18-7(2)15)10(19-8(3)16)11-12(17-6)21-13(4,5-14)20-11/h6,9-12H,1-4H3/t6-,9+,10+,11-,12?,13?/m1/s1. The fourth-order valence-corrected chi connectivity index (χ4v) is 2.43. The Morgan fingerprint density at radius 1 is 1.14 bits per heavy atom. The molecule has 0 N–H and O–H groups in total. The van der Waals surface area contributed by atoms with Crippen LogP contribution in [-0.4, -0.2) is 48.4 Å². The van der Waals surface area contributed by atoms with Gasteiger partial charge in [0, 0.05) is 20.8 Å². The third kappa shape index (κ3) is 3.15. The highest BCUT2D eigenvalue weighted by Crippen LogP contribution is 2.38. The van der Waals surface area contributed by atoms with E-state index in [2.05, 4.69) is 0 Å². The predicted molar refractivity (Wildman–Crippen MR) is 65.4 cm³/mol. The summed E-state index contributed by atoms with van der Waals surface area (Å²) in [6.45, 7) is 5.57. The average Bonchev–Trinajstić information content (AvgIpc) is 2.70. The summed E-state index contributed by atoms with van der Waals surface area (Å²) >= 11 is 0. The number of rotatable bonds is 2. The molecule has 2 aliphatic heterocycles. The van der Waals surface area contributed by atoms with Crippen LogP contribution in [0, 0.1) is 11.3 Å². The lowest BCUT2D eigenvalue weighted by molar-refractivity contribution is -0.254. The molecule has 116 valence electrons. The van der Waals surface area contributed by atoms with E-state index in [4.69, 9.17) is 28.9 Å². The molecule has 8 nitrogen and oxygen atoms in total. The number of fused-ring (bicyclic) bond motifs is 1. The van der Waals surface area contributed by atoms with Gasteiger partial charge in [-0.05, 0) is 6.92 Å².